The van der Waals surface area contributed by atoms with Crippen LogP contribution in [0, 0.1) is 0 Å². The maximum absolute atomic E-state index is 4.85. The molecule has 1 aliphatic heterocycles. The van der Waals surface area contributed by atoms with E-state index in [-0.39, 0.29) is 0 Å². The fourth-order valence-electron chi connectivity index (χ4n) is 3.34. The first-order valence-corrected chi connectivity index (χ1v) is 10.1. The average Bonchev–Trinajstić information content (AvgIpc) is 2.66. The van der Waals surface area contributed by atoms with Gasteiger partial charge in [-0.15, -0.1) is 0 Å². The number of hydrogen-bond acceptors (Lipinski definition) is 3. The van der Waals surface area contributed by atoms with Crippen molar-refractivity contribution in [3.05, 3.63) is 30.3 Å². The second-order valence-corrected chi connectivity index (χ2v) is 7.56. The fourth-order valence-corrected chi connectivity index (χ4v) is 3.34. The van der Waals surface area contributed by atoms with Crippen molar-refractivity contribution >= 4 is 11.6 Å². The molecule has 1 aliphatic rings. The summed E-state index contributed by atoms with van der Waals surface area (Å²) < 4.78 is 0. The van der Waals surface area contributed by atoms with Gasteiger partial charge in [-0.1, -0.05) is 18.2 Å². The van der Waals surface area contributed by atoms with Gasteiger partial charge in [0.1, 0.15) is 0 Å². The number of nitrogens with one attached hydrogen (secondary N) is 2. The highest BCUT2D eigenvalue weighted by atomic mass is 15.2. The number of likely N-dealkylation sites (tertiary alicyclic amines) is 1. The lowest BCUT2D eigenvalue weighted by atomic mass is 10.0. The number of rotatable bonds is 7. The highest BCUT2D eigenvalue weighted by molar-refractivity contribution is 5.80. The Morgan fingerprint density at radius 3 is 2.42 bits per heavy atom. The molecule has 0 aliphatic carbocycles. The van der Waals surface area contributed by atoms with Crippen molar-refractivity contribution in [2.45, 2.75) is 58.7 Å². The molecular weight excluding hydrogens is 322 g/mol. The summed E-state index contributed by atoms with van der Waals surface area (Å²) in [5, 5.41) is 7.05. The van der Waals surface area contributed by atoms with Crippen molar-refractivity contribution in [1.29, 1.82) is 0 Å². The topological polar surface area (TPSA) is 42.9 Å². The highest BCUT2D eigenvalue weighted by Crippen LogP contribution is 2.15. The summed E-state index contributed by atoms with van der Waals surface area (Å²) in [7, 11) is 2.14. The van der Waals surface area contributed by atoms with Crippen LogP contribution in [-0.2, 0) is 0 Å². The van der Waals surface area contributed by atoms with Gasteiger partial charge in [0.25, 0.3) is 0 Å². The van der Waals surface area contributed by atoms with Gasteiger partial charge >= 0.3 is 0 Å². The number of benzene rings is 1. The van der Waals surface area contributed by atoms with E-state index in [4.69, 9.17) is 4.99 Å². The summed E-state index contributed by atoms with van der Waals surface area (Å²) in [6.07, 6.45) is 2.37. The van der Waals surface area contributed by atoms with E-state index in [0.717, 1.165) is 19.0 Å². The number of guanidine groups is 1. The molecule has 2 rings (SSSR count). The normalized spacial score (nSPS) is 18.0. The van der Waals surface area contributed by atoms with E-state index in [1.165, 1.54) is 31.6 Å². The van der Waals surface area contributed by atoms with Crippen molar-refractivity contribution < 1.29 is 0 Å². The molecule has 1 saturated heterocycles. The number of anilines is 1. The summed E-state index contributed by atoms with van der Waals surface area (Å²) in [5.74, 6) is 0.948. The van der Waals surface area contributed by atoms with E-state index >= 15 is 0 Å². The zero-order chi connectivity index (χ0) is 18.9. The van der Waals surface area contributed by atoms with Gasteiger partial charge in [-0.05, 0) is 52.7 Å². The maximum Gasteiger partial charge on any atom is 0.191 e. The van der Waals surface area contributed by atoms with Gasteiger partial charge in [0, 0.05) is 50.5 Å². The molecule has 0 amide bonds. The molecule has 0 saturated carbocycles. The molecule has 1 heterocycles. The molecule has 26 heavy (non-hydrogen) atoms. The zero-order valence-electron chi connectivity index (χ0n) is 17.2. The molecule has 2 N–H and O–H groups in total. The standard InChI is InChI=1S/C21H37N5/c1-6-22-21(24-19-12-14-26(15-13-19)17(2)3)23-16-18(4)25(5)20-10-8-7-9-11-20/h7-11,17-19H,6,12-16H2,1-5H3,(H2,22,23,24). The van der Waals surface area contributed by atoms with Crippen molar-refractivity contribution in [3.63, 3.8) is 0 Å². The third kappa shape index (κ3) is 6.20. The number of likely N-dealkylation sites (N-methyl/N-ethyl adjacent to an activating group) is 1. The summed E-state index contributed by atoms with van der Waals surface area (Å²) in [6, 6.07) is 12.0. The molecule has 5 heteroatoms. The van der Waals surface area contributed by atoms with Gasteiger partial charge in [0.2, 0.25) is 0 Å². The van der Waals surface area contributed by atoms with E-state index in [1.54, 1.807) is 0 Å². The van der Waals surface area contributed by atoms with Gasteiger partial charge in [-0.25, -0.2) is 0 Å². The second-order valence-electron chi connectivity index (χ2n) is 7.56. The van der Waals surface area contributed by atoms with Gasteiger partial charge in [-0.2, -0.15) is 0 Å². The number of piperidine rings is 1. The molecule has 0 aromatic heterocycles. The Kier molecular flexibility index (Phi) is 8.23. The molecule has 1 unspecified atom stereocenters. The van der Waals surface area contributed by atoms with Crippen LogP contribution in [0.15, 0.2) is 35.3 Å². The first-order valence-electron chi connectivity index (χ1n) is 10.1. The first kappa shape index (κ1) is 20.6. The van der Waals surface area contributed by atoms with E-state index < -0.39 is 0 Å². The zero-order valence-corrected chi connectivity index (χ0v) is 17.2. The largest absolute Gasteiger partial charge is 0.370 e. The third-order valence-electron chi connectivity index (χ3n) is 5.28. The number of hydrogen-bond donors (Lipinski definition) is 2. The van der Waals surface area contributed by atoms with E-state index in [9.17, 15) is 0 Å². The quantitative estimate of drug-likeness (QED) is 0.580. The minimum absolute atomic E-state index is 0.343. The average molecular weight is 360 g/mol. The monoisotopic (exact) mass is 359 g/mol. The van der Waals surface area contributed by atoms with E-state index in [0.29, 0.717) is 18.1 Å². The Morgan fingerprint density at radius 1 is 1.19 bits per heavy atom. The minimum Gasteiger partial charge on any atom is -0.370 e. The summed E-state index contributed by atoms with van der Waals surface area (Å²) >= 11 is 0. The Morgan fingerprint density at radius 2 is 1.85 bits per heavy atom. The van der Waals surface area contributed by atoms with Crippen molar-refractivity contribution in [2.75, 3.05) is 38.1 Å². The van der Waals surface area contributed by atoms with Crippen LogP contribution < -0.4 is 15.5 Å². The lowest BCUT2D eigenvalue weighted by Gasteiger charge is -2.35. The number of aliphatic imine (C=N–C) groups is 1. The Labute approximate surface area is 159 Å². The molecular formula is C21H37N5. The van der Waals surface area contributed by atoms with Crippen LogP contribution in [0.1, 0.15) is 40.5 Å². The molecule has 146 valence electrons. The fraction of sp³-hybridized carbons (Fsp3) is 0.667. The van der Waals surface area contributed by atoms with Crippen LogP contribution in [0.3, 0.4) is 0 Å². The predicted molar refractivity (Wildman–Crippen MR) is 113 cm³/mol. The lowest BCUT2D eigenvalue weighted by Crippen LogP contribution is -2.50. The molecule has 0 radical (unpaired) electrons. The van der Waals surface area contributed by atoms with E-state index in [2.05, 4.69) is 85.5 Å². The SMILES string of the molecule is CCNC(=NCC(C)N(C)c1ccccc1)NC1CCN(C(C)C)CC1. The van der Waals surface area contributed by atoms with Crippen LogP contribution >= 0.6 is 0 Å². The van der Waals surface area contributed by atoms with Gasteiger partial charge < -0.3 is 20.4 Å². The molecule has 1 fully saturated rings. The molecule has 1 aromatic rings. The van der Waals surface area contributed by atoms with Crippen LogP contribution in [0.25, 0.3) is 0 Å². The third-order valence-corrected chi connectivity index (χ3v) is 5.28. The maximum atomic E-state index is 4.85. The van der Waals surface area contributed by atoms with Gasteiger partial charge in [-0.3, -0.25) is 4.99 Å². The van der Waals surface area contributed by atoms with Crippen molar-refractivity contribution in [2.24, 2.45) is 4.99 Å². The van der Waals surface area contributed by atoms with Crippen LogP contribution in [0.2, 0.25) is 0 Å². The Hall–Kier alpha value is -1.75. The number of para-hydroxylation sites is 1. The second kappa shape index (κ2) is 10.4. The number of nitrogens with zero attached hydrogens (tertiary/aromatic N) is 3. The molecule has 0 bridgehead atoms. The van der Waals surface area contributed by atoms with E-state index in [1.807, 2.05) is 0 Å². The van der Waals surface area contributed by atoms with Gasteiger partial charge in [0.05, 0.1) is 6.54 Å². The van der Waals surface area contributed by atoms with Crippen molar-refractivity contribution in [1.82, 2.24) is 15.5 Å². The van der Waals surface area contributed by atoms with Gasteiger partial charge in [0.15, 0.2) is 5.96 Å². The molecule has 1 aromatic carbocycles. The summed E-state index contributed by atoms with van der Waals surface area (Å²) in [5.41, 5.74) is 1.23. The molecule has 1 atom stereocenters. The lowest BCUT2D eigenvalue weighted by molar-refractivity contribution is 0.167. The Balaban J connectivity index is 1.88. The Bertz CT molecular complexity index is 535. The predicted octanol–water partition coefficient (Wildman–Crippen LogP) is 2.94. The molecule has 5 nitrogen and oxygen atoms in total. The summed E-state index contributed by atoms with van der Waals surface area (Å²) in [6.45, 7) is 12.9. The minimum atomic E-state index is 0.343. The van der Waals surface area contributed by atoms with Crippen molar-refractivity contribution in [3.8, 4) is 0 Å². The van der Waals surface area contributed by atoms with Crippen LogP contribution in [0.4, 0.5) is 5.69 Å². The summed E-state index contributed by atoms with van der Waals surface area (Å²) in [4.78, 5) is 9.69. The van der Waals surface area contributed by atoms with Crippen LogP contribution in [0.5, 0.6) is 0 Å². The first-order chi connectivity index (χ1) is 12.5. The smallest absolute Gasteiger partial charge is 0.191 e. The molecule has 0 spiro atoms. The van der Waals surface area contributed by atoms with Crippen LogP contribution in [-0.4, -0.2) is 62.2 Å². The highest BCUT2D eigenvalue weighted by Gasteiger charge is 2.21.